The number of unbranched alkanes of at least 4 members (excludes halogenated alkanes) is 13. The number of rotatable bonds is 33. The van der Waals surface area contributed by atoms with Gasteiger partial charge in [0.25, 0.3) is 0 Å². The monoisotopic (exact) mass is 580 g/mol. The van der Waals surface area contributed by atoms with Crippen LogP contribution in [0.5, 0.6) is 0 Å². The predicted octanol–water partition coefficient (Wildman–Crippen LogP) is 9.10. The number of Topliss-reactive ketones (excluding diaryl/α,β-unsaturated/α-hetero) is 1. The highest BCUT2D eigenvalue weighted by Crippen LogP contribution is 2.09. The van der Waals surface area contributed by atoms with E-state index < -0.39 is 0 Å². The van der Waals surface area contributed by atoms with Crippen molar-refractivity contribution in [2.75, 3.05) is 46.2 Å². The third-order valence-corrected chi connectivity index (χ3v) is 6.90. The lowest BCUT2D eigenvalue weighted by Gasteiger charge is -2.08. The van der Waals surface area contributed by atoms with Gasteiger partial charge < -0.3 is 18.9 Å². The molecular weight excluding hydrogens is 516 g/mol. The summed E-state index contributed by atoms with van der Waals surface area (Å²) in [5, 5.41) is 0. The van der Waals surface area contributed by atoms with Crippen molar-refractivity contribution in [1.29, 1.82) is 0 Å². The lowest BCUT2D eigenvalue weighted by atomic mass is 10.1. The molecule has 0 bridgehead atoms. The van der Waals surface area contributed by atoms with Crippen LogP contribution in [0.2, 0.25) is 0 Å². The summed E-state index contributed by atoms with van der Waals surface area (Å²) in [5.74, 6) is 0.152. The Bertz CT molecular complexity index is 616. The zero-order valence-electron chi connectivity index (χ0n) is 26.9. The number of ether oxygens (including phenoxy) is 4. The lowest BCUT2D eigenvalue weighted by Crippen LogP contribution is -2.14. The van der Waals surface area contributed by atoms with Gasteiger partial charge in [0.2, 0.25) is 0 Å². The molecule has 0 aromatic rings. The van der Waals surface area contributed by atoms with Crippen LogP contribution < -0.4 is 0 Å². The molecule has 0 saturated heterocycles. The van der Waals surface area contributed by atoms with Gasteiger partial charge in [0, 0.05) is 19.3 Å². The summed E-state index contributed by atoms with van der Waals surface area (Å²) < 4.78 is 21.6. The lowest BCUT2D eigenvalue weighted by molar-refractivity contribution is -0.145. The number of ketones is 1. The Labute approximate surface area is 253 Å². The highest BCUT2D eigenvalue weighted by atomic mass is 16.6. The van der Waals surface area contributed by atoms with Crippen LogP contribution in [0.25, 0.3) is 0 Å². The first-order valence-electron chi connectivity index (χ1n) is 16.9. The zero-order chi connectivity index (χ0) is 29.9. The van der Waals surface area contributed by atoms with Crippen molar-refractivity contribution in [3.8, 4) is 0 Å². The molecule has 0 aromatic carbocycles. The average Bonchev–Trinajstić information content (AvgIpc) is 2.97. The molecule has 0 rings (SSSR count). The molecule has 0 heterocycles. The molecule has 0 aliphatic carbocycles. The second-order valence-electron chi connectivity index (χ2n) is 10.8. The van der Waals surface area contributed by atoms with Crippen molar-refractivity contribution in [3.63, 3.8) is 0 Å². The van der Waals surface area contributed by atoms with Gasteiger partial charge in [0.1, 0.15) is 12.4 Å². The Morgan fingerprint density at radius 2 is 0.927 bits per heavy atom. The van der Waals surface area contributed by atoms with Gasteiger partial charge in [-0.1, -0.05) is 102 Å². The van der Waals surface area contributed by atoms with Crippen LogP contribution >= 0.6 is 0 Å². The summed E-state index contributed by atoms with van der Waals surface area (Å²) in [6, 6.07) is 0. The molecule has 0 atom stereocenters. The Balaban J connectivity index is 3.28. The average molecular weight is 581 g/mol. The van der Waals surface area contributed by atoms with Gasteiger partial charge in [-0.3, -0.25) is 9.59 Å². The fourth-order valence-electron chi connectivity index (χ4n) is 4.32. The minimum absolute atomic E-state index is 0.141. The van der Waals surface area contributed by atoms with Gasteiger partial charge in [-0.15, -0.1) is 0 Å². The fraction of sp³-hybridized carbons (Fsp3) is 0.829. The van der Waals surface area contributed by atoms with E-state index in [1.54, 1.807) is 0 Å². The minimum atomic E-state index is -0.141. The number of esters is 1. The van der Waals surface area contributed by atoms with E-state index in [9.17, 15) is 9.59 Å². The summed E-state index contributed by atoms with van der Waals surface area (Å²) in [5.41, 5.74) is 0. The largest absolute Gasteiger partial charge is 0.463 e. The summed E-state index contributed by atoms with van der Waals surface area (Å²) in [7, 11) is 0. The number of hydrogen-bond acceptors (Lipinski definition) is 6. The van der Waals surface area contributed by atoms with E-state index in [-0.39, 0.29) is 12.6 Å². The quantitative estimate of drug-likeness (QED) is 0.0438. The maximum absolute atomic E-state index is 11.8. The summed E-state index contributed by atoms with van der Waals surface area (Å²) in [6.45, 7) is 7.48. The number of carbonyl (C=O) groups excluding carboxylic acids is 2. The van der Waals surface area contributed by atoms with Gasteiger partial charge >= 0.3 is 5.97 Å². The molecule has 0 unspecified atom stereocenters. The van der Waals surface area contributed by atoms with E-state index in [4.69, 9.17) is 18.9 Å². The smallest absolute Gasteiger partial charge is 0.305 e. The number of allylic oxidation sites excluding steroid dienone is 4. The topological polar surface area (TPSA) is 71.1 Å². The maximum atomic E-state index is 11.8. The van der Waals surface area contributed by atoms with Crippen LogP contribution in [0.15, 0.2) is 24.3 Å². The van der Waals surface area contributed by atoms with Crippen LogP contribution in [-0.4, -0.2) is 58.0 Å². The molecule has 0 aliphatic heterocycles. The maximum Gasteiger partial charge on any atom is 0.305 e. The first-order valence-corrected chi connectivity index (χ1v) is 16.9. The standard InChI is InChI=1S/C35H64O6/c1-3-5-7-9-11-12-13-14-15-16-17-18-19-21-23-25-35(37)41-33-32-40-31-30-39-29-28-38-27-26-34(36)24-22-20-10-8-6-4-2/h11-12,14-15H,3-10,13,16-33H2,1-2H3/b12-11-,15-14-. The minimum Gasteiger partial charge on any atom is -0.463 e. The molecule has 0 saturated carbocycles. The SMILES string of the molecule is CCCCC/C=C\C/C=C\CCCCCCCC(=O)OCCOCCOCCOCCC(=O)CCCCCCCC. The predicted molar refractivity (Wildman–Crippen MR) is 170 cm³/mol. The number of hydrogen-bond donors (Lipinski definition) is 0. The van der Waals surface area contributed by atoms with Gasteiger partial charge in [0.15, 0.2) is 0 Å². The van der Waals surface area contributed by atoms with E-state index in [2.05, 4.69) is 38.2 Å². The summed E-state index contributed by atoms with van der Waals surface area (Å²) in [4.78, 5) is 23.7. The van der Waals surface area contributed by atoms with E-state index >= 15 is 0 Å². The Morgan fingerprint density at radius 3 is 1.56 bits per heavy atom. The van der Waals surface area contributed by atoms with Gasteiger partial charge in [0.05, 0.1) is 39.6 Å². The van der Waals surface area contributed by atoms with Crippen LogP contribution in [0.1, 0.15) is 142 Å². The molecule has 6 nitrogen and oxygen atoms in total. The van der Waals surface area contributed by atoms with Gasteiger partial charge in [-0.25, -0.2) is 0 Å². The van der Waals surface area contributed by atoms with E-state index in [0.717, 1.165) is 38.5 Å². The Hall–Kier alpha value is -1.50. The van der Waals surface area contributed by atoms with Crippen molar-refractivity contribution in [2.45, 2.75) is 142 Å². The molecule has 240 valence electrons. The fourth-order valence-corrected chi connectivity index (χ4v) is 4.32. The first kappa shape index (κ1) is 39.5. The second kappa shape index (κ2) is 34.7. The molecule has 6 heteroatoms. The molecule has 0 N–H and O–H groups in total. The van der Waals surface area contributed by atoms with E-state index in [0.29, 0.717) is 64.7 Å². The molecule has 0 amide bonds. The third-order valence-electron chi connectivity index (χ3n) is 6.90. The van der Waals surface area contributed by atoms with Crippen molar-refractivity contribution in [2.24, 2.45) is 0 Å². The third kappa shape index (κ3) is 34.6. The van der Waals surface area contributed by atoms with Gasteiger partial charge in [-0.05, 0) is 44.9 Å². The Kier molecular flexibility index (Phi) is 33.4. The van der Waals surface area contributed by atoms with E-state index in [1.165, 1.54) is 70.6 Å². The molecule has 0 spiro atoms. The molecular formula is C35H64O6. The zero-order valence-corrected chi connectivity index (χ0v) is 26.9. The van der Waals surface area contributed by atoms with Crippen LogP contribution in [-0.2, 0) is 28.5 Å². The van der Waals surface area contributed by atoms with Crippen molar-refractivity contribution >= 4 is 11.8 Å². The van der Waals surface area contributed by atoms with Crippen molar-refractivity contribution in [1.82, 2.24) is 0 Å². The van der Waals surface area contributed by atoms with Gasteiger partial charge in [-0.2, -0.15) is 0 Å². The molecule has 0 fully saturated rings. The Morgan fingerprint density at radius 1 is 0.463 bits per heavy atom. The number of carbonyl (C=O) groups is 2. The van der Waals surface area contributed by atoms with Crippen molar-refractivity contribution < 1.29 is 28.5 Å². The van der Waals surface area contributed by atoms with E-state index in [1.807, 2.05) is 0 Å². The summed E-state index contributed by atoms with van der Waals surface area (Å²) in [6.07, 6.45) is 30.9. The normalized spacial score (nSPS) is 11.7. The summed E-state index contributed by atoms with van der Waals surface area (Å²) >= 11 is 0. The molecule has 41 heavy (non-hydrogen) atoms. The highest BCUT2D eigenvalue weighted by Gasteiger charge is 2.03. The van der Waals surface area contributed by atoms with Crippen molar-refractivity contribution in [3.05, 3.63) is 24.3 Å². The van der Waals surface area contributed by atoms with Crippen LogP contribution in [0, 0.1) is 0 Å². The highest BCUT2D eigenvalue weighted by molar-refractivity contribution is 5.78. The first-order chi connectivity index (χ1) is 20.2. The van der Waals surface area contributed by atoms with Crippen LogP contribution in [0.4, 0.5) is 0 Å². The molecule has 0 radical (unpaired) electrons. The molecule has 0 aliphatic rings. The van der Waals surface area contributed by atoms with Crippen LogP contribution in [0.3, 0.4) is 0 Å². The second-order valence-corrected chi connectivity index (χ2v) is 10.8. The molecule has 0 aromatic heterocycles.